The lowest BCUT2D eigenvalue weighted by Gasteiger charge is -2.17. The van der Waals surface area contributed by atoms with Crippen LogP contribution in [0.5, 0.6) is 0 Å². The SMILES string of the molecule is Cc1nc(C(NC(=O)[C@@H](C)N)c2ccc(Cl)cc2)no1.Cl. The number of carbonyl (C=O) groups excluding carboxylic acids is 1. The second kappa shape index (κ2) is 7.40. The van der Waals surface area contributed by atoms with Gasteiger partial charge in [-0.05, 0) is 24.6 Å². The molecule has 0 radical (unpaired) electrons. The van der Waals surface area contributed by atoms with Gasteiger partial charge in [0.1, 0.15) is 6.04 Å². The van der Waals surface area contributed by atoms with E-state index in [1.807, 2.05) is 0 Å². The number of aryl methyl sites for hydroxylation is 1. The Balaban J connectivity index is 0.00000220. The van der Waals surface area contributed by atoms with Crippen molar-refractivity contribution < 1.29 is 9.32 Å². The van der Waals surface area contributed by atoms with Gasteiger partial charge in [-0.2, -0.15) is 4.98 Å². The van der Waals surface area contributed by atoms with Crippen molar-refractivity contribution in [2.24, 2.45) is 5.73 Å². The molecule has 0 bridgehead atoms. The van der Waals surface area contributed by atoms with Crippen LogP contribution in [0.2, 0.25) is 5.02 Å². The number of benzene rings is 1. The molecular weight excluding hydrogens is 315 g/mol. The van der Waals surface area contributed by atoms with Crippen molar-refractivity contribution in [3.05, 3.63) is 46.6 Å². The molecule has 0 fully saturated rings. The molecule has 21 heavy (non-hydrogen) atoms. The molecule has 2 rings (SSSR count). The van der Waals surface area contributed by atoms with Crippen molar-refractivity contribution in [1.82, 2.24) is 15.5 Å². The molecule has 3 N–H and O–H groups in total. The molecule has 0 aliphatic heterocycles. The third-order valence-corrected chi connectivity index (χ3v) is 2.96. The molecular formula is C13H16Cl2N4O2. The van der Waals surface area contributed by atoms with Gasteiger partial charge >= 0.3 is 0 Å². The van der Waals surface area contributed by atoms with Gasteiger partial charge in [0.25, 0.3) is 0 Å². The van der Waals surface area contributed by atoms with E-state index in [9.17, 15) is 4.79 Å². The van der Waals surface area contributed by atoms with E-state index in [0.29, 0.717) is 16.7 Å². The average molecular weight is 331 g/mol. The predicted molar refractivity (Wildman–Crippen MR) is 81.4 cm³/mol. The van der Waals surface area contributed by atoms with Crippen molar-refractivity contribution in [2.75, 3.05) is 0 Å². The summed E-state index contributed by atoms with van der Waals surface area (Å²) in [7, 11) is 0. The first-order chi connectivity index (χ1) is 9.47. The third kappa shape index (κ3) is 4.42. The molecule has 2 atom stereocenters. The summed E-state index contributed by atoms with van der Waals surface area (Å²) in [5, 5.41) is 7.25. The van der Waals surface area contributed by atoms with Crippen LogP contribution >= 0.6 is 24.0 Å². The molecule has 1 aromatic carbocycles. The highest BCUT2D eigenvalue weighted by Crippen LogP contribution is 2.21. The molecule has 1 unspecified atom stereocenters. The molecule has 114 valence electrons. The van der Waals surface area contributed by atoms with Gasteiger partial charge in [0, 0.05) is 11.9 Å². The molecule has 1 amide bonds. The highest BCUT2D eigenvalue weighted by atomic mass is 35.5. The number of nitrogens with one attached hydrogen (secondary N) is 1. The fourth-order valence-corrected chi connectivity index (χ4v) is 1.78. The minimum atomic E-state index is -0.627. The zero-order valence-electron chi connectivity index (χ0n) is 11.5. The minimum Gasteiger partial charge on any atom is -0.341 e. The first-order valence-electron chi connectivity index (χ1n) is 6.09. The van der Waals surface area contributed by atoms with E-state index < -0.39 is 12.1 Å². The topological polar surface area (TPSA) is 94.0 Å². The Morgan fingerprint density at radius 2 is 2.00 bits per heavy atom. The molecule has 0 saturated carbocycles. The fourth-order valence-electron chi connectivity index (χ4n) is 1.66. The van der Waals surface area contributed by atoms with Crippen LogP contribution in [-0.2, 0) is 4.79 Å². The number of nitrogens with two attached hydrogens (primary N) is 1. The van der Waals surface area contributed by atoms with Crippen molar-refractivity contribution in [1.29, 1.82) is 0 Å². The molecule has 8 heteroatoms. The summed E-state index contributed by atoms with van der Waals surface area (Å²) in [4.78, 5) is 16.0. The maximum Gasteiger partial charge on any atom is 0.237 e. The third-order valence-electron chi connectivity index (χ3n) is 2.70. The lowest BCUT2D eigenvalue weighted by Crippen LogP contribution is -2.40. The van der Waals surface area contributed by atoms with Gasteiger partial charge in [0.2, 0.25) is 11.8 Å². The van der Waals surface area contributed by atoms with Crippen molar-refractivity contribution in [3.63, 3.8) is 0 Å². The summed E-state index contributed by atoms with van der Waals surface area (Å²) < 4.78 is 4.96. The number of halogens is 2. The Bertz CT molecular complexity index is 598. The zero-order valence-corrected chi connectivity index (χ0v) is 13.1. The first kappa shape index (κ1) is 17.4. The summed E-state index contributed by atoms with van der Waals surface area (Å²) >= 11 is 5.87. The molecule has 0 aliphatic rings. The van der Waals surface area contributed by atoms with Gasteiger partial charge in [-0.3, -0.25) is 4.79 Å². The highest BCUT2D eigenvalue weighted by Gasteiger charge is 2.23. The van der Waals surface area contributed by atoms with Crippen molar-refractivity contribution in [2.45, 2.75) is 25.9 Å². The van der Waals surface area contributed by atoms with Crippen LogP contribution < -0.4 is 11.1 Å². The number of carbonyl (C=O) groups is 1. The van der Waals surface area contributed by atoms with Crippen LogP contribution in [0, 0.1) is 6.92 Å². The smallest absolute Gasteiger partial charge is 0.237 e. The summed E-state index contributed by atoms with van der Waals surface area (Å²) in [6, 6.07) is 5.89. The van der Waals surface area contributed by atoms with Crippen LogP contribution in [0.3, 0.4) is 0 Å². The average Bonchev–Trinajstić information content (AvgIpc) is 2.83. The van der Waals surface area contributed by atoms with Crippen LogP contribution in [0.15, 0.2) is 28.8 Å². The Morgan fingerprint density at radius 1 is 1.38 bits per heavy atom. The van der Waals surface area contributed by atoms with Gasteiger partial charge in [-0.25, -0.2) is 0 Å². The minimum absolute atomic E-state index is 0. The normalized spacial score (nSPS) is 13.1. The van der Waals surface area contributed by atoms with Gasteiger partial charge in [0.15, 0.2) is 5.82 Å². The van der Waals surface area contributed by atoms with E-state index in [1.165, 1.54) is 0 Å². The number of hydrogen-bond donors (Lipinski definition) is 2. The van der Waals surface area contributed by atoms with Crippen LogP contribution in [0.25, 0.3) is 0 Å². The predicted octanol–water partition coefficient (Wildman–Crippen LogP) is 2.01. The summed E-state index contributed by atoms with van der Waals surface area (Å²) in [6.07, 6.45) is 0. The van der Waals surface area contributed by atoms with Gasteiger partial charge in [0.05, 0.1) is 6.04 Å². The number of hydrogen-bond acceptors (Lipinski definition) is 5. The fraction of sp³-hybridized carbons (Fsp3) is 0.308. The summed E-state index contributed by atoms with van der Waals surface area (Å²) in [5.74, 6) is 0.500. The molecule has 1 aromatic heterocycles. The molecule has 0 saturated heterocycles. The summed E-state index contributed by atoms with van der Waals surface area (Å²) in [5.41, 5.74) is 6.37. The highest BCUT2D eigenvalue weighted by molar-refractivity contribution is 6.30. The molecule has 0 aliphatic carbocycles. The van der Waals surface area contributed by atoms with E-state index in [2.05, 4.69) is 15.5 Å². The standard InChI is InChI=1S/C13H15ClN4O2.ClH/c1-7(15)13(19)17-11(12-16-8(2)20-18-12)9-3-5-10(14)6-4-9;/h3-7,11H,15H2,1-2H3,(H,17,19);1H/t7-,11?;/m1./s1. The number of aromatic nitrogens is 2. The van der Waals surface area contributed by atoms with Crippen LogP contribution in [0.4, 0.5) is 0 Å². The maximum atomic E-state index is 11.8. The van der Waals surface area contributed by atoms with E-state index >= 15 is 0 Å². The number of amides is 1. The first-order valence-corrected chi connectivity index (χ1v) is 6.47. The van der Waals surface area contributed by atoms with Crippen LogP contribution in [0.1, 0.15) is 30.2 Å². The van der Waals surface area contributed by atoms with Crippen molar-refractivity contribution in [3.8, 4) is 0 Å². The molecule has 2 aromatic rings. The van der Waals surface area contributed by atoms with Gasteiger partial charge in [-0.15, -0.1) is 12.4 Å². The maximum absolute atomic E-state index is 11.8. The summed E-state index contributed by atoms with van der Waals surface area (Å²) in [6.45, 7) is 3.29. The van der Waals surface area contributed by atoms with E-state index in [-0.39, 0.29) is 18.3 Å². The quantitative estimate of drug-likeness (QED) is 0.894. The van der Waals surface area contributed by atoms with E-state index in [0.717, 1.165) is 5.56 Å². The Morgan fingerprint density at radius 3 is 2.48 bits per heavy atom. The second-order valence-electron chi connectivity index (χ2n) is 4.45. The van der Waals surface area contributed by atoms with Crippen molar-refractivity contribution >= 4 is 29.9 Å². The second-order valence-corrected chi connectivity index (χ2v) is 4.89. The largest absolute Gasteiger partial charge is 0.341 e. The monoisotopic (exact) mass is 330 g/mol. The van der Waals surface area contributed by atoms with Gasteiger partial charge < -0.3 is 15.6 Å². The van der Waals surface area contributed by atoms with E-state index in [4.69, 9.17) is 21.9 Å². The Labute approximate surface area is 133 Å². The van der Waals surface area contributed by atoms with E-state index in [1.54, 1.807) is 38.1 Å². The van der Waals surface area contributed by atoms with Gasteiger partial charge in [-0.1, -0.05) is 28.9 Å². The van der Waals surface area contributed by atoms with Crippen LogP contribution in [-0.4, -0.2) is 22.1 Å². The molecule has 6 nitrogen and oxygen atoms in total. The number of nitrogens with zero attached hydrogens (tertiary/aromatic N) is 2. The Hall–Kier alpha value is -1.63. The lowest BCUT2D eigenvalue weighted by molar-refractivity contribution is -0.122. The lowest BCUT2D eigenvalue weighted by atomic mass is 10.1. The molecule has 0 spiro atoms. The zero-order chi connectivity index (χ0) is 14.7. The number of rotatable bonds is 4. The Kier molecular flexibility index (Phi) is 6.14. The molecule has 1 heterocycles.